The molecule has 2 rings (SSSR count). The number of rotatable bonds is 5. The average Bonchev–Trinajstić information content (AvgIpc) is 2.42. The van der Waals surface area contributed by atoms with Gasteiger partial charge >= 0.3 is 5.51 Å². The SMILES string of the molecule is CC1CNC(Cc2ccccc2)CN1CCSC(F)(F)F. The molecule has 1 aromatic carbocycles. The van der Waals surface area contributed by atoms with Gasteiger partial charge in [-0.25, -0.2) is 0 Å². The Morgan fingerprint density at radius 3 is 2.67 bits per heavy atom. The van der Waals surface area contributed by atoms with Gasteiger partial charge in [0.1, 0.15) is 0 Å². The van der Waals surface area contributed by atoms with Gasteiger partial charge in [-0.15, -0.1) is 0 Å². The van der Waals surface area contributed by atoms with Gasteiger partial charge in [0.25, 0.3) is 0 Å². The molecule has 1 aromatic rings. The van der Waals surface area contributed by atoms with E-state index in [4.69, 9.17) is 0 Å². The first-order chi connectivity index (χ1) is 9.94. The summed E-state index contributed by atoms with van der Waals surface area (Å²) < 4.78 is 36.6. The maximum Gasteiger partial charge on any atom is 0.441 e. The summed E-state index contributed by atoms with van der Waals surface area (Å²) in [6, 6.07) is 10.8. The van der Waals surface area contributed by atoms with Crippen LogP contribution in [-0.4, -0.2) is 47.9 Å². The summed E-state index contributed by atoms with van der Waals surface area (Å²) in [6.45, 7) is 4.17. The van der Waals surface area contributed by atoms with Crippen LogP contribution in [0.4, 0.5) is 13.2 Å². The summed E-state index contributed by atoms with van der Waals surface area (Å²) in [7, 11) is 0. The van der Waals surface area contributed by atoms with Crippen molar-refractivity contribution in [2.45, 2.75) is 30.9 Å². The summed E-state index contributed by atoms with van der Waals surface area (Å²) in [6.07, 6.45) is 0.913. The number of alkyl halides is 3. The monoisotopic (exact) mass is 318 g/mol. The fourth-order valence-electron chi connectivity index (χ4n) is 2.62. The van der Waals surface area contributed by atoms with E-state index in [-0.39, 0.29) is 23.6 Å². The second-order valence-electron chi connectivity index (χ2n) is 5.43. The van der Waals surface area contributed by atoms with Crippen LogP contribution in [-0.2, 0) is 6.42 Å². The molecule has 0 aliphatic carbocycles. The van der Waals surface area contributed by atoms with Crippen molar-refractivity contribution in [3.05, 3.63) is 35.9 Å². The number of nitrogens with zero attached hydrogens (tertiary/aromatic N) is 1. The summed E-state index contributed by atoms with van der Waals surface area (Å²) in [5, 5.41) is 3.48. The third-order valence-corrected chi connectivity index (χ3v) is 4.46. The first kappa shape index (κ1) is 16.6. The molecule has 0 radical (unpaired) electrons. The Labute approximate surface area is 128 Å². The van der Waals surface area contributed by atoms with Crippen LogP contribution in [0.2, 0.25) is 0 Å². The second-order valence-corrected chi connectivity index (χ2v) is 6.59. The van der Waals surface area contributed by atoms with Crippen LogP contribution in [0.25, 0.3) is 0 Å². The van der Waals surface area contributed by atoms with Crippen LogP contribution in [0, 0.1) is 0 Å². The number of nitrogens with one attached hydrogen (secondary N) is 1. The van der Waals surface area contributed by atoms with E-state index in [0.29, 0.717) is 12.6 Å². The van der Waals surface area contributed by atoms with Crippen LogP contribution in [0.5, 0.6) is 0 Å². The zero-order valence-electron chi connectivity index (χ0n) is 12.1. The molecule has 2 atom stereocenters. The Hall–Kier alpha value is -0.720. The first-order valence-corrected chi connectivity index (χ1v) is 8.14. The van der Waals surface area contributed by atoms with Crippen LogP contribution in [0.15, 0.2) is 30.3 Å². The van der Waals surface area contributed by atoms with Gasteiger partial charge in [-0.3, -0.25) is 4.90 Å². The smallest absolute Gasteiger partial charge is 0.311 e. The fourth-order valence-corrected chi connectivity index (χ4v) is 3.18. The van der Waals surface area contributed by atoms with E-state index in [1.807, 2.05) is 18.2 Å². The maximum atomic E-state index is 12.2. The lowest BCUT2D eigenvalue weighted by molar-refractivity contribution is -0.0329. The van der Waals surface area contributed by atoms with Crippen LogP contribution in [0.1, 0.15) is 12.5 Å². The summed E-state index contributed by atoms with van der Waals surface area (Å²) in [5.41, 5.74) is -2.87. The third-order valence-electron chi connectivity index (χ3n) is 3.75. The molecule has 0 spiro atoms. The normalized spacial score (nSPS) is 24.2. The Balaban J connectivity index is 1.81. The van der Waals surface area contributed by atoms with Crippen molar-refractivity contribution in [2.24, 2.45) is 0 Å². The van der Waals surface area contributed by atoms with E-state index in [0.717, 1.165) is 19.5 Å². The van der Waals surface area contributed by atoms with E-state index in [1.54, 1.807) is 0 Å². The molecule has 6 heteroatoms. The molecule has 1 heterocycles. The van der Waals surface area contributed by atoms with Gasteiger partial charge in [0, 0.05) is 37.5 Å². The summed E-state index contributed by atoms with van der Waals surface area (Å²) >= 11 is 0.0724. The number of hydrogen-bond acceptors (Lipinski definition) is 3. The minimum absolute atomic E-state index is 0.0724. The summed E-state index contributed by atoms with van der Waals surface area (Å²) in [5.74, 6) is 0.103. The van der Waals surface area contributed by atoms with E-state index in [1.165, 1.54) is 5.56 Å². The summed E-state index contributed by atoms with van der Waals surface area (Å²) in [4.78, 5) is 2.16. The van der Waals surface area contributed by atoms with Gasteiger partial charge in [-0.1, -0.05) is 30.3 Å². The van der Waals surface area contributed by atoms with Crippen LogP contribution in [0.3, 0.4) is 0 Å². The van der Waals surface area contributed by atoms with Crippen molar-refractivity contribution < 1.29 is 13.2 Å². The lowest BCUT2D eigenvalue weighted by atomic mass is 10.0. The van der Waals surface area contributed by atoms with Crippen molar-refractivity contribution >= 4 is 11.8 Å². The Morgan fingerprint density at radius 1 is 1.29 bits per heavy atom. The molecule has 0 bridgehead atoms. The van der Waals surface area contributed by atoms with Gasteiger partial charge in [-0.2, -0.15) is 13.2 Å². The van der Waals surface area contributed by atoms with Gasteiger partial charge in [-0.05, 0) is 30.7 Å². The first-order valence-electron chi connectivity index (χ1n) is 7.16. The van der Waals surface area contributed by atoms with Crippen molar-refractivity contribution in [2.75, 3.05) is 25.4 Å². The highest BCUT2D eigenvalue weighted by atomic mass is 32.2. The number of hydrogen-bond donors (Lipinski definition) is 1. The van der Waals surface area contributed by atoms with E-state index in [2.05, 4.69) is 29.3 Å². The van der Waals surface area contributed by atoms with Crippen molar-refractivity contribution in [3.63, 3.8) is 0 Å². The maximum absolute atomic E-state index is 12.2. The Morgan fingerprint density at radius 2 is 2.00 bits per heavy atom. The second kappa shape index (κ2) is 7.51. The lowest BCUT2D eigenvalue weighted by Crippen LogP contribution is -2.56. The molecule has 1 fully saturated rings. The highest BCUT2D eigenvalue weighted by Gasteiger charge is 2.30. The average molecular weight is 318 g/mol. The molecule has 1 N–H and O–H groups in total. The molecule has 1 aliphatic heterocycles. The molecule has 1 aliphatic rings. The van der Waals surface area contributed by atoms with E-state index >= 15 is 0 Å². The molecule has 118 valence electrons. The highest BCUT2D eigenvalue weighted by molar-refractivity contribution is 8.00. The van der Waals surface area contributed by atoms with Gasteiger partial charge < -0.3 is 5.32 Å². The standard InChI is InChI=1S/C15H21F3N2S/c1-12-10-19-14(9-13-5-3-2-4-6-13)11-20(12)7-8-21-15(16,17)18/h2-6,12,14,19H,7-11H2,1H3. The van der Waals surface area contributed by atoms with Crippen LogP contribution < -0.4 is 5.32 Å². The predicted molar refractivity (Wildman–Crippen MR) is 81.5 cm³/mol. The molecule has 0 saturated carbocycles. The third kappa shape index (κ3) is 5.88. The van der Waals surface area contributed by atoms with Crippen molar-refractivity contribution in [1.82, 2.24) is 10.2 Å². The number of benzene rings is 1. The number of piperazine rings is 1. The van der Waals surface area contributed by atoms with Gasteiger partial charge in [0.2, 0.25) is 0 Å². The Kier molecular flexibility index (Phi) is 5.96. The van der Waals surface area contributed by atoms with Gasteiger partial charge in [0.15, 0.2) is 0 Å². The number of halogens is 3. The van der Waals surface area contributed by atoms with Crippen molar-refractivity contribution in [3.8, 4) is 0 Å². The highest BCUT2D eigenvalue weighted by Crippen LogP contribution is 2.30. The zero-order chi connectivity index (χ0) is 15.3. The quantitative estimate of drug-likeness (QED) is 0.898. The fraction of sp³-hybridized carbons (Fsp3) is 0.600. The molecule has 0 amide bonds. The molecule has 1 saturated heterocycles. The van der Waals surface area contributed by atoms with E-state index in [9.17, 15) is 13.2 Å². The predicted octanol–water partition coefficient (Wildman–Crippen LogP) is 3.14. The topological polar surface area (TPSA) is 15.3 Å². The van der Waals surface area contributed by atoms with Crippen LogP contribution >= 0.6 is 11.8 Å². The molecule has 2 nitrogen and oxygen atoms in total. The largest absolute Gasteiger partial charge is 0.441 e. The van der Waals surface area contributed by atoms with Crippen molar-refractivity contribution in [1.29, 1.82) is 0 Å². The minimum Gasteiger partial charge on any atom is -0.311 e. The molecular weight excluding hydrogens is 297 g/mol. The molecule has 0 aromatic heterocycles. The molecule has 2 unspecified atom stereocenters. The van der Waals surface area contributed by atoms with Gasteiger partial charge in [0.05, 0.1) is 0 Å². The number of thioether (sulfide) groups is 1. The lowest BCUT2D eigenvalue weighted by Gasteiger charge is -2.39. The van der Waals surface area contributed by atoms with E-state index < -0.39 is 5.51 Å². The molecule has 21 heavy (non-hydrogen) atoms. The minimum atomic E-state index is -4.12. The molecular formula is C15H21F3N2S. The Bertz CT molecular complexity index is 425. The zero-order valence-corrected chi connectivity index (χ0v) is 12.9.